The molecule has 46 valence electrons. The van der Waals surface area contributed by atoms with Crippen molar-refractivity contribution in [3.8, 4) is 0 Å². The van der Waals surface area contributed by atoms with Crippen LogP contribution in [0.2, 0.25) is 10.6 Å². The van der Waals surface area contributed by atoms with Crippen LogP contribution >= 0.6 is 0 Å². The summed E-state index contributed by atoms with van der Waals surface area (Å²) in [6, 6.07) is 0. The van der Waals surface area contributed by atoms with Gasteiger partial charge in [0.15, 0.2) is 0 Å². The minimum Gasteiger partial charge on any atom is -0.105 e. The van der Waals surface area contributed by atoms with Gasteiger partial charge in [0, 0.05) is 0 Å². The van der Waals surface area contributed by atoms with E-state index in [1.54, 1.807) is 0 Å². The topological polar surface area (TPSA) is 0 Å². The van der Waals surface area contributed by atoms with E-state index in [9.17, 15) is 0 Å². The maximum Gasteiger partial charge on any atom is 0.241 e. The Balaban J connectivity index is 2.62. The van der Waals surface area contributed by atoms with Crippen LogP contribution in [0, 0.1) is 0 Å². The van der Waals surface area contributed by atoms with Crippen molar-refractivity contribution in [2.45, 2.75) is 30.3 Å². The van der Waals surface area contributed by atoms with Crippen LogP contribution in [0.4, 0.5) is 0 Å². The van der Waals surface area contributed by atoms with Gasteiger partial charge in [-0.1, -0.05) is 30.3 Å². The summed E-state index contributed by atoms with van der Waals surface area (Å²) >= 11 is 0.282. The van der Waals surface area contributed by atoms with E-state index in [-0.39, 0.29) is 15.2 Å². The lowest BCUT2D eigenvalue weighted by Gasteiger charge is -1.88. The molecule has 0 aromatic rings. The number of allylic oxidation sites excluding steroid dienone is 1. The number of hydrogen-bond donors (Lipinski definition) is 0. The second kappa shape index (κ2) is 7.27. The fourth-order valence-electron chi connectivity index (χ4n) is 0.715. The van der Waals surface area contributed by atoms with Crippen LogP contribution in [-0.4, -0.2) is 15.2 Å². The van der Waals surface area contributed by atoms with Crippen molar-refractivity contribution in [2.24, 2.45) is 0 Å². The Morgan fingerprint density at radius 2 is 2.38 bits per heavy atom. The standard InChI is InChI=1S/C4H9.C3H5.Al.H/c1-3-4-2;1-3-2;;/h1,3-4H2,2H3;3H,1-2H2;;. The SMILES string of the molecule is C=C[CH2][AlH][CH2]CCC. The van der Waals surface area contributed by atoms with Gasteiger partial charge in [-0.2, -0.15) is 0 Å². The molecule has 0 rings (SSSR count). The molecule has 0 aliphatic carbocycles. The molecule has 0 atom stereocenters. The molecule has 0 saturated heterocycles. The predicted molar refractivity (Wildman–Crippen MR) is 41.9 cm³/mol. The first kappa shape index (κ1) is 8.27. The number of unbranched alkanes of at least 4 members (excludes halogenated alkanes) is 1. The largest absolute Gasteiger partial charge is 0.241 e. The molecule has 1 heteroatoms. The van der Waals surface area contributed by atoms with Crippen molar-refractivity contribution in [1.82, 2.24) is 0 Å². The zero-order valence-electron chi connectivity index (χ0n) is 5.82. The third-order valence-electron chi connectivity index (χ3n) is 1.26. The van der Waals surface area contributed by atoms with Gasteiger partial charge in [-0.05, 0) is 0 Å². The maximum atomic E-state index is 3.69. The second-order valence-corrected chi connectivity index (χ2v) is 4.13. The van der Waals surface area contributed by atoms with E-state index in [2.05, 4.69) is 19.6 Å². The summed E-state index contributed by atoms with van der Waals surface area (Å²) < 4.78 is 0. The van der Waals surface area contributed by atoms with E-state index in [4.69, 9.17) is 0 Å². The van der Waals surface area contributed by atoms with Crippen LogP contribution in [0.1, 0.15) is 19.8 Å². The lowest BCUT2D eigenvalue weighted by Crippen LogP contribution is -1.84. The fourth-order valence-corrected chi connectivity index (χ4v) is 2.15. The maximum absolute atomic E-state index is 3.69. The molecule has 0 unspecified atom stereocenters. The zero-order valence-corrected chi connectivity index (χ0v) is 7.23. The Bertz CT molecular complexity index is 50.3. The summed E-state index contributed by atoms with van der Waals surface area (Å²) in [5.41, 5.74) is 0. The Morgan fingerprint density at radius 1 is 1.62 bits per heavy atom. The van der Waals surface area contributed by atoms with Crippen LogP contribution in [0.5, 0.6) is 0 Å². The van der Waals surface area contributed by atoms with Gasteiger partial charge in [0.1, 0.15) is 0 Å². The Morgan fingerprint density at radius 3 is 2.88 bits per heavy atom. The first-order chi connectivity index (χ1) is 3.91. The molecular formula is C7H15Al. The zero-order chi connectivity index (χ0) is 6.24. The molecule has 0 saturated carbocycles. The van der Waals surface area contributed by atoms with Gasteiger partial charge in [-0.3, -0.25) is 0 Å². The summed E-state index contributed by atoms with van der Waals surface area (Å²) in [7, 11) is 0. The molecule has 0 radical (unpaired) electrons. The average molecular weight is 126 g/mol. The summed E-state index contributed by atoms with van der Waals surface area (Å²) in [5.74, 6) is 0. The van der Waals surface area contributed by atoms with E-state index < -0.39 is 0 Å². The minimum absolute atomic E-state index is 0.282. The molecule has 0 nitrogen and oxygen atoms in total. The second-order valence-electron chi connectivity index (χ2n) is 2.14. The van der Waals surface area contributed by atoms with Gasteiger partial charge in [-0.25, -0.2) is 0 Å². The van der Waals surface area contributed by atoms with Gasteiger partial charge in [0.25, 0.3) is 0 Å². The average Bonchev–Trinajstić information content (AvgIpc) is 1.81. The van der Waals surface area contributed by atoms with Crippen molar-refractivity contribution in [1.29, 1.82) is 0 Å². The smallest absolute Gasteiger partial charge is 0.105 e. The third kappa shape index (κ3) is 6.27. The normalized spacial score (nSPS) is 8.62. The first-order valence-corrected chi connectivity index (χ1v) is 5.52. The highest BCUT2D eigenvalue weighted by Gasteiger charge is 1.86. The summed E-state index contributed by atoms with van der Waals surface area (Å²) in [6.45, 7) is 5.95. The summed E-state index contributed by atoms with van der Waals surface area (Å²) in [4.78, 5) is 0. The Hall–Kier alpha value is 0.272. The van der Waals surface area contributed by atoms with Crippen molar-refractivity contribution in [3.63, 3.8) is 0 Å². The molecular weight excluding hydrogens is 111 g/mol. The molecule has 0 aromatic heterocycles. The first-order valence-electron chi connectivity index (χ1n) is 3.52. The molecule has 0 aromatic carbocycles. The van der Waals surface area contributed by atoms with Crippen LogP contribution in [-0.2, 0) is 0 Å². The third-order valence-corrected chi connectivity index (χ3v) is 3.08. The molecule has 0 amide bonds. The molecule has 0 aliphatic rings. The highest BCUT2D eigenvalue weighted by Crippen LogP contribution is 1.95. The predicted octanol–water partition coefficient (Wildman–Crippen LogP) is 2.25. The van der Waals surface area contributed by atoms with Crippen LogP contribution in [0.3, 0.4) is 0 Å². The van der Waals surface area contributed by atoms with Crippen molar-refractivity contribution >= 4 is 15.2 Å². The lowest BCUT2D eigenvalue weighted by atomic mass is 10.4. The van der Waals surface area contributed by atoms with Gasteiger partial charge < -0.3 is 0 Å². The van der Waals surface area contributed by atoms with E-state index >= 15 is 0 Å². The molecule has 0 N–H and O–H groups in total. The minimum atomic E-state index is 0.282. The van der Waals surface area contributed by atoms with Crippen LogP contribution < -0.4 is 0 Å². The number of hydrogen-bond acceptors (Lipinski definition) is 0. The summed E-state index contributed by atoms with van der Waals surface area (Å²) in [5, 5.41) is 2.85. The quantitative estimate of drug-likeness (QED) is 0.301. The highest BCUT2D eigenvalue weighted by atomic mass is 27.1. The Labute approximate surface area is 58.7 Å². The van der Waals surface area contributed by atoms with E-state index in [1.165, 1.54) is 23.4 Å². The van der Waals surface area contributed by atoms with Gasteiger partial charge in [0.2, 0.25) is 15.2 Å². The van der Waals surface area contributed by atoms with Crippen molar-refractivity contribution < 1.29 is 0 Å². The van der Waals surface area contributed by atoms with Crippen molar-refractivity contribution in [2.75, 3.05) is 0 Å². The lowest BCUT2D eigenvalue weighted by molar-refractivity contribution is 0.879. The Kier molecular flexibility index (Phi) is 7.52. The highest BCUT2D eigenvalue weighted by molar-refractivity contribution is 6.35. The molecule has 8 heavy (non-hydrogen) atoms. The van der Waals surface area contributed by atoms with Gasteiger partial charge in [0.05, 0.1) is 0 Å². The monoisotopic (exact) mass is 126 g/mol. The molecule has 0 fully saturated rings. The van der Waals surface area contributed by atoms with Gasteiger partial charge in [-0.15, -0.1) is 12.7 Å². The van der Waals surface area contributed by atoms with E-state index in [0.717, 1.165) is 0 Å². The van der Waals surface area contributed by atoms with E-state index in [1.807, 2.05) is 0 Å². The fraction of sp³-hybridized carbons (Fsp3) is 0.714. The molecule has 0 heterocycles. The molecule has 0 spiro atoms. The summed E-state index contributed by atoms with van der Waals surface area (Å²) in [6.07, 6.45) is 4.87. The number of rotatable bonds is 5. The van der Waals surface area contributed by atoms with Crippen molar-refractivity contribution in [3.05, 3.63) is 12.7 Å². The van der Waals surface area contributed by atoms with Crippen LogP contribution in [0.25, 0.3) is 0 Å². The van der Waals surface area contributed by atoms with E-state index in [0.29, 0.717) is 0 Å². The van der Waals surface area contributed by atoms with Gasteiger partial charge >= 0.3 is 0 Å². The molecule has 0 aliphatic heterocycles. The van der Waals surface area contributed by atoms with Crippen LogP contribution in [0.15, 0.2) is 12.7 Å². The molecule has 0 bridgehead atoms.